The third kappa shape index (κ3) is 1.73. The van der Waals surface area contributed by atoms with E-state index < -0.39 is 0 Å². The van der Waals surface area contributed by atoms with Gasteiger partial charge in [-0.3, -0.25) is 9.97 Å². The van der Waals surface area contributed by atoms with Crippen molar-refractivity contribution in [1.82, 2.24) is 19.9 Å². The van der Waals surface area contributed by atoms with Crippen LogP contribution in [0.5, 0.6) is 11.5 Å². The first-order chi connectivity index (χ1) is 12.9. The minimum Gasteiger partial charge on any atom is -0.454 e. The number of ether oxygens (including phenoxy) is 2. The van der Waals surface area contributed by atoms with Crippen molar-refractivity contribution >= 4 is 32.8 Å². The third-order valence-electron chi connectivity index (χ3n) is 4.72. The summed E-state index contributed by atoms with van der Waals surface area (Å²) in [5.41, 5.74) is 4.42. The van der Waals surface area contributed by atoms with Gasteiger partial charge in [0.1, 0.15) is 5.82 Å². The van der Waals surface area contributed by atoms with Crippen LogP contribution in [0, 0.1) is 0 Å². The second kappa shape index (κ2) is 4.92. The van der Waals surface area contributed by atoms with Crippen molar-refractivity contribution in [3.05, 3.63) is 54.9 Å². The van der Waals surface area contributed by atoms with Crippen LogP contribution in [0.15, 0.2) is 54.9 Å². The number of aromatic nitrogens is 4. The number of rotatable bonds is 1. The number of hydrogen-bond acceptors (Lipinski definition) is 5. The summed E-state index contributed by atoms with van der Waals surface area (Å²) in [7, 11) is 0. The first-order valence-corrected chi connectivity index (χ1v) is 8.30. The number of nitrogens with one attached hydrogen (secondary N) is 1. The standard InChI is InChI=1S/C20H12N4O2/c1-4-13(19-14(7-1)25-10-26-19)20-23-17-11-5-2-8-21-15(11)16-12(18(17)24-20)6-3-9-22-16/h1-9H,10H2,(H,23,24). The molecule has 124 valence electrons. The van der Waals surface area contributed by atoms with E-state index in [-0.39, 0.29) is 6.79 Å². The molecule has 0 atom stereocenters. The van der Waals surface area contributed by atoms with E-state index in [9.17, 15) is 0 Å². The van der Waals surface area contributed by atoms with Gasteiger partial charge in [0.2, 0.25) is 6.79 Å². The zero-order chi connectivity index (χ0) is 17.1. The number of pyridine rings is 2. The molecule has 6 nitrogen and oxygen atoms in total. The Hall–Kier alpha value is -3.67. The topological polar surface area (TPSA) is 72.9 Å². The van der Waals surface area contributed by atoms with Crippen LogP contribution >= 0.6 is 0 Å². The van der Waals surface area contributed by atoms with E-state index in [2.05, 4.69) is 15.0 Å². The summed E-state index contributed by atoms with van der Waals surface area (Å²) < 4.78 is 11.1. The van der Waals surface area contributed by atoms with Gasteiger partial charge >= 0.3 is 0 Å². The lowest BCUT2D eigenvalue weighted by molar-refractivity contribution is 0.174. The molecule has 4 heterocycles. The Labute approximate surface area is 147 Å². The summed E-state index contributed by atoms with van der Waals surface area (Å²) in [6.45, 7) is 0.228. The number of imidazole rings is 1. The summed E-state index contributed by atoms with van der Waals surface area (Å²) in [6, 6.07) is 13.7. The van der Waals surface area contributed by atoms with Gasteiger partial charge in [0.05, 0.1) is 27.6 Å². The Kier molecular flexibility index (Phi) is 2.57. The Balaban J connectivity index is 1.76. The van der Waals surface area contributed by atoms with Gasteiger partial charge in [0, 0.05) is 23.2 Å². The van der Waals surface area contributed by atoms with Crippen molar-refractivity contribution in [3.63, 3.8) is 0 Å². The van der Waals surface area contributed by atoms with Gasteiger partial charge in [-0.2, -0.15) is 0 Å². The van der Waals surface area contributed by atoms with E-state index in [4.69, 9.17) is 14.5 Å². The van der Waals surface area contributed by atoms with Gasteiger partial charge in [-0.05, 0) is 36.4 Å². The van der Waals surface area contributed by atoms with Crippen LogP contribution in [0.1, 0.15) is 0 Å². The van der Waals surface area contributed by atoms with Crippen LogP contribution in [0.3, 0.4) is 0 Å². The van der Waals surface area contributed by atoms with E-state index in [0.29, 0.717) is 0 Å². The molecule has 6 heteroatoms. The Bertz CT molecular complexity index is 1250. The molecule has 0 fully saturated rings. The van der Waals surface area contributed by atoms with Gasteiger partial charge in [-0.25, -0.2) is 4.98 Å². The second-order valence-electron chi connectivity index (χ2n) is 6.15. The summed E-state index contributed by atoms with van der Waals surface area (Å²) in [6.07, 6.45) is 3.57. The largest absolute Gasteiger partial charge is 0.454 e. The molecule has 0 radical (unpaired) electrons. The van der Waals surface area contributed by atoms with Crippen molar-refractivity contribution in [2.45, 2.75) is 0 Å². The zero-order valence-electron chi connectivity index (χ0n) is 13.6. The molecule has 1 aliphatic rings. The molecule has 3 aromatic heterocycles. The fraction of sp³-hybridized carbons (Fsp3) is 0.0500. The molecule has 0 amide bonds. The summed E-state index contributed by atoms with van der Waals surface area (Å²) in [5, 5.41) is 1.97. The number of para-hydroxylation sites is 1. The molecule has 1 N–H and O–H groups in total. The molecule has 26 heavy (non-hydrogen) atoms. The van der Waals surface area contributed by atoms with Crippen molar-refractivity contribution in [2.24, 2.45) is 0 Å². The highest BCUT2D eigenvalue weighted by molar-refractivity contribution is 6.21. The quantitative estimate of drug-likeness (QED) is 0.466. The van der Waals surface area contributed by atoms with Crippen LogP contribution in [0.25, 0.3) is 44.2 Å². The molecule has 6 rings (SSSR count). The number of fused-ring (bicyclic) bond motifs is 7. The number of hydrogen-bond donors (Lipinski definition) is 1. The van der Waals surface area contributed by atoms with E-state index in [1.54, 1.807) is 12.4 Å². The maximum absolute atomic E-state index is 5.65. The van der Waals surface area contributed by atoms with E-state index in [1.807, 2.05) is 42.5 Å². The Morgan fingerprint density at radius 1 is 0.808 bits per heavy atom. The number of nitrogens with zero attached hydrogens (tertiary/aromatic N) is 3. The lowest BCUT2D eigenvalue weighted by Gasteiger charge is -2.03. The predicted molar refractivity (Wildman–Crippen MR) is 98.3 cm³/mol. The van der Waals surface area contributed by atoms with Gasteiger partial charge in [-0.1, -0.05) is 6.07 Å². The molecule has 0 bridgehead atoms. The molecule has 0 unspecified atom stereocenters. The highest BCUT2D eigenvalue weighted by Crippen LogP contribution is 2.41. The van der Waals surface area contributed by atoms with Crippen LogP contribution in [0.2, 0.25) is 0 Å². The van der Waals surface area contributed by atoms with E-state index >= 15 is 0 Å². The van der Waals surface area contributed by atoms with Crippen LogP contribution < -0.4 is 9.47 Å². The summed E-state index contributed by atoms with van der Waals surface area (Å²) >= 11 is 0. The summed E-state index contributed by atoms with van der Waals surface area (Å²) in [4.78, 5) is 17.4. The number of H-pyrrole nitrogens is 1. The van der Waals surface area contributed by atoms with Crippen LogP contribution in [0.4, 0.5) is 0 Å². The SMILES string of the molecule is c1cc2c(c(-c3nc4c5cccnc5c5ncccc5c4[nH]3)c1)OCO2. The average molecular weight is 340 g/mol. The predicted octanol–water partition coefficient (Wildman–Crippen LogP) is 4.06. The number of benzene rings is 2. The maximum Gasteiger partial charge on any atom is 0.231 e. The monoisotopic (exact) mass is 340 g/mol. The molecule has 2 aromatic carbocycles. The van der Waals surface area contributed by atoms with Crippen molar-refractivity contribution in [3.8, 4) is 22.9 Å². The normalized spacial score (nSPS) is 13.1. The van der Waals surface area contributed by atoms with Crippen molar-refractivity contribution in [1.29, 1.82) is 0 Å². The van der Waals surface area contributed by atoms with Crippen LogP contribution in [-0.4, -0.2) is 26.7 Å². The average Bonchev–Trinajstić information content (AvgIpc) is 3.35. The Morgan fingerprint density at radius 2 is 1.62 bits per heavy atom. The van der Waals surface area contributed by atoms with Gasteiger partial charge in [0.15, 0.2) is 11.5 Å². The second-order valence-corrected chi connectivity index (χ2v) is 6.15. The molecule has 0 aliphatic carbocycles. The highest BCUT2D eigenvalue weighted by Gasteiger charge is 2.22. The molecule has 0 spiro atoms. The van der Waals surface area contributed by atoms with Gasteiger partial charge in [0.25, 0.3) is 0 Å². The molecule has 5 aromatic rings. The van der Waals surface area contributed by atoms with Gasteiger partial charge in [-0.15, -0.1) is 0 Å². The van der Waals surface area contributed by atoms with E-state index in [1.165, 1.54) is 0 Å². The minimum absolute atomic E-state index is 0.228. The maximum atomic E-state index is 5.65. The fourth-order valence-corrected chi connectivity index (χ4v) is 3.59. The molecular weight excluding hydrogens is 328 g/mol. The molecular formula is C20H12N4O2. The summed E-state index contributed by atoms with van der Waals surface area (Å²) in [5.74, 6) is 2.20. The molecule has 0 saturated carbocycles. The molecule has 0 saturated heterocycles. The van der Waals surface area contributed by atoms with Crippen molar-refractivity contribution in [2.75, 3.05) is 6.79 Å². The third-order valence-corrected chi connectivity index (χ3v) is 4.72. The lowest BCUT2D eigenvalue weighted by Crippen LogP contribution is -1.93. The van der Waals surface area contributed by atoms with Crippen LogP contribution in [-0.2, 0) is 0 Å². The van der Waals surface area contributed by atoms with E-state index in [0.717, 1.165) is 55.7 Å². The smallest absolute Gasteiger partial charge is 0.231 e. The lowest BCUT2D eigenvalue weighted by atomic mass is 10.1. The molecule has 1 aliphatic heterocycles. The first kappa shape index (κ1) is 13.6. The van der Waals surface area contributed by atoms with Crippen molar-refractivity contribution < 1.29 is 9.47 Å². The Morgan fingerprint density at radius 3 is 2.50 bits per heavy atom. The van der Waals surface area contributed by atoms with Gasteiger partial charge < -0.3 is 14.5 Å². The minimum atomic E-state index is 0.228. The fourth-order valence-electron chi connectivity index (χ4n) is 3.59. The highest BCUT2D eigenvalue weighted by atomic mass is 16.7. The zero-order valence-corrected chi connectivity index (χ0v) is 13.6. The first-order valence-electron chi connectivity index (χ1n) is 8.30. The number of aromatic amines is 1.